The Morgan fingerprint density at radius 1 is 1.30 bits per heavy atom. The first-order valence-corrected chi connectivity index (χ1v) is 5.93. The molecule has 0 aliphatic carbocycles. The summed E-state index contributed by atoms with van der Waals surface area (Å²) < 4.78 is 13.2. The van der Waals surface area contributed by atoms with Crippen molar-refractivity contribution >= 4 is 28.2 Å². The van der Waals surface area contributed by atoms with Crippen LogP contribution in [0.3, 0.4) is 0 Å². The van der Waals surface area contributed by atoms with Gasteiger partial charge in [0.2, 0.25) is 0 Å². The highest BCUT2D eigenvalue weighted by Crippen LogP contribution is 2.22. The standard InChI is InChI=1S/C14H11FN4O/c15-8-4-5-11(16)9(6-8)14(20)18-12-2-1-3-13-10(12)7-17-19-13/h1-7H,16H2,(H,17,19)(H,18,20). The molecule has 0 saturated heterocycles. The number of anilines is 2. The van der Waals surface area contributed by atoms with Crippen LogP contribution < -0.4 is 11.1 Å². The molecule has 2 aromatic carbocycles. The van der Waals surface area contributed by atoms with Crippen molar-refractivity contribution in [2.75, 3.05) is 11.1 Å². The van der Waals surface area contributed by atoms with E-state index in [2.05, 4.69) is 15.5 Å². The van der Waals surface area contributed by atoms with Gasteiger partial charge in [0.15, 0.2) is 0 Å². The Morgan fingerprint density at radius 3 is 3.00 bits per heavy atom. The maximum absolute atomic E-state index is 13.2. The van der Waals surface area contributed by atoms with Crippen LogP contribution in [0.1, 0.15) is 10.4 Å². The van der Waals surface area contributed by atoms with Crippen molar-refractivity contribution in [2.45, 2.75) is 0 Å². The molecule has 3 aromatic rings. The fourth-order valence-corrected chi connectivity index (χ4v) is 1.99. The number of hydrogen-bond acceptors (Lipinski definition) is 3. The monoisotopic (exact) mass is 270 g/mol. The average Bonchev–Trinajstić information content (AvgIpc) is 2.91. The molecule has 1 amide bonds. The largest absolute Gasteiger partial charge is 0.398 e. The second-order valence-corrected chi connectivity index (χ2v) is 4.32. The number of H-pyrrole nitrogens is 1. The Balaban J connectivity index is 1.96. The minimum Gasteiger partial charge on any atom is -0.398 e. The van der Waals surface area contributed by atoms with Crippen LogP contribution in [-0.4, -0.2) is 16.1 Å². The summed E-state index contributed by atoms with van der Waals surface area (Å²) in [6.07, 6.45) is 1.61. The highest BCUT2D eigenvalue weighted by atomic mass is 19.1. The van der Waals surface area contributed by atoms with Crippen molar-refractivity contribution in [1.82, 2.24) is 10.2 Å². The second kappa shape index (κ2) is 4.65. The number of carbonyl (C=O) groups excluding carboxylic acids is 1. The summed E-state index contributed by atoms with van der Waals surface area (Å²) in [6, 6.07) is 9.05. The average molecular weight is 270 g/mol. The molecule has 0 unspecified atom stereocenters. The van der Waals surface area contributed by atoms with Gasteiger partial charge in [0, 0.05) is 11.1 Å². The highest BCUT2D eigenvalue weighted by Gasteiger charge is 2.12. The molecular weight excluding hydrogens is 259 g/mol. The zero-order valence-corrected chi connectivity index (χ0v) is 10.4. The Labute approximate surface area is 113 Å². The summed E-state index contributed by atoms with van der Waals surface area (Å²) in [5.74, 6) is -0.971. The number of nitrogens with two attached hydrogens (primary N) is 1. The lowest BCUT2D eigenvalue weighted by atomic mass is 10.1. The molecule has 0 aliphatic heterocycles. The van der Waals surface area contributed by atoms with Crippen LogP contribution in [0.2, 0.25) is 0 Å². The van der Waals surface area contributed by atoms with E-state index in [4.69, 9.17) is 5.73 Å². The number of nitrogens with one attached hydrogen (secondary N) is 2. The summed E-state index contributed by atoms with van der Waals surface area (Å²) in [7, 11) is 0. The van der Waals surface area contributed by atoms with Crippen LogP contribution in [0.5, 0.6) is 0 Å². The number of halogens is 1. The van der Waals surface area contributed by atoms with E-state index >= 15 is 0 Å². The fraction of sp³-hybridized carbons (Fsp3) is 0. The van der Waals surface area contributed by atoms with E-state index in [0.29, 0.717) is 5.69 Å². The van der Waals surface area contributed by atoms with Gasteiger partial charge in [-0.3, -0.25) is 9.89 Å². The van der Waals surface area contributed by atoms with Crippen LogP contribution in [0, 0.1) is 5.82 Å². The van der Waals surface area contributed by atoms with Crippen molar-refractivity contribution in [2.24, 2.45) is 0 Å². The third-order valence-electron chi connectivity index (χ3n) is 2.99. The Bertz CT molecular complexity index is 797. The lowest BCUT2D eigenvalue weighted by Gasteiger charge is -2.08. The van der Waals surface area contributed by atoms with Crippen LogP contribution >= 0.6 is 0 Å². The summed E-state index contributed by atoms with van der Waals surface area (Å²) in [5, 5.41) is 10.2. The minimum atomic E-state index is -0.508. The quantitative estimate of drug-likeness (QED) is 0.626. The van der Waals surface area contributed by atoms with Gasteiger partial charge in [-0.15, -0.1) is 0 Å². The molecule has 20 heavy (non-hydrogen) atoms. The number of carbonyl (C=O) groups is 1. The van der Waals surface area contributed by atoms with Gasteiger partial charge in [-0.2, -0.15) is 5.10 Å². The first-order valence-electron chi connectivity index (χ1n) is 5.93. The topological polar surface area (TPSA) is 83.8 Å². The van der Waals surface area contributed by atoms with Gasteiger partial charge in [0.05, 0.1) is 23.0 Å². The van der Waals surface area contributed by atoms with E-state index in [1.165, 1.54) is 12.1 Å². The number of hydrogen-bond donors (Lipinski definition) is 3. The van der Waals surface area contributed by atoms with Gasteiger partial charge in [-0.05, 0) is 30.3 Å². The molecule has 1 heterocycles. The summed E-state index contributed by atoms with van der Waals surface area (Å²) in [6.45, 7) is 0. The van der Waals surface area contributed by atoms with Crippen molar-refractivity contribution < 1.29 is 9.18 Å². The molecule has 0 bridgehead atoms. The van der Waals surface area contributed by atoms with Crippen LogP contribution in [-0.2, 0) is 0 Å². The van der Waals surface area contributed by atoms with Gasteiger partial charge in [-0.1, -0.05) is 6.07 Å². The van der Waals surface area contributed by atoms with E-state index in [0.717, 1.165) is 17.0 Å². The summed E-state index contributed by atoms with van der Waals surface area (Å²) in [4.78, 5) is 12.2. The maximum Gasteiger partial charge on any atom is 0.257 e. The summed E-state index contributed by atoms with van der Waals surface area (Å²) in [5.41, 5.74) is 7.41. The normalized spacial score (nSPS) is 10.7. The number of fused-ring (bicyclic) bond motifs is 1. The molecule has 0 radical (unpaired) electrons. The van der Waals surface area contributed by atoms with Crippen LogP contribution in [0.15, 0.2) is 42.6 Å². The van der Waals surface area contributed by atoms with Gasteiger partial charge in [0.25, 0.3) is 5.91 Å². The number of rotatable bonds is 2. The molecule has 0 atom stereocenters. The summed E-state index contributed by atoms with van der Waals surface area (Å²) >= 11 is 0. The minimum absolute atomic E-state index is 0.102. The SMILES string of the molecule is Nc1ccc(F)cc1C(=O)Nc1cccc2[nH]ncc12. The molecule has 4 N–H and O–H groups in total. The third kappa shape index (κ3) is 2.07. The second-order valence-electron chi connectivity index (χ2n) is 4.32. The molecule has 0 spiro atoms. The zero-order chi connectivity index (χ0) is 14.1. The van der Waals surface area contributed by atoms with Gasteiger partial charge in [-0.25, -0.2) is 4.39 Å². The molecule has 0 saturated carbocycles. The number of nitrogen functional groups attached to an aromatic ring is 1. The first-order chi connectivity index (χ1) is 9.65. The number of aromatic nitrogens is 2. The van der Waals surface area contributed by atoms with E-state index in [1.807, 2.05) is 6.07 Å². The Hall–Kier alpha value is -2.89. The van der Waals surface area contributed by atoms with E-state index in [-0.39, 0.29) is 11.3 Å². The zero-order valence-electron chi connectivity index (χ0n) is 10.4. The predicted molar refractivity (Wildman–Crippen MR) is 74.9 cm³/mol. The van der Waals surface area contributed by atoms with Gasteiger partial charge in [0.1, 0.15) is 5.82 Å². The van der Waals surface area contributed by atoms with E-state index < -0.39 is 11.7 Å². The number of nitrogens with zero attached hydrogens (tertiary/aromatic N) is 1. The van der Waals surface area contributed by atoms with Crippen LogP contribution in [0.4, 0.5) is 15.8 Å². The predicted octanol–water partition coefficient (Wildman–Crippen LogP) is 2.54. The lowest BCUT2D eigenvalue weighted by molar-refractivity contribution is 0.102. The lowest BCUT2D eigenvalue weighted by Crippen LogP contribution is -2.14. The van der Waals surface area contributed by atoms with Crippen molar-refractivity contribution in [3.05, 3.63) is 54.0 Å². The maximum atomic E-state index is 13.2. The Kier molecular flexibility index (Phi) is 2.83. The van der Waals surface area contributed by atoms with Crippen LogP contribution in [0.25, 0.3) is 10.9 Å². The molecular formula is C14H11FN4O. The number of benzene rings is 2. The number of amides is 1. The van der Waals surface area contributed by atoms with Gasteiger partial charge >= 0.3 is 0 Å². The molecule has 0 fully saturated rings. The van der Waals surface area contributed by atoms with Crippen molar-refractivity contribution in [1.29, 1.82) is 0 Å². The van der Waals surface area contributed by atoms with E-state index in [9.17, 15) is 9.18 Å². The molecule has 0 aliphatic rings. The molecule has 1 aromatic heterocycles. The molecule has 6 heteroatoms. The van der Waals surface area contributed by atoms with Gasteiger partial charge < -0.3 is 11.1 Å². The number of aromatic amines is 1. The van der Waals surface area contributed by atoms with E-state index in [1.54, 1.807) is 18.3 Å². The molecule has 5 nitrogen and oxygen atoms in total. The first kappa shape index (κ1) is 12.2. The third-order valence-corrected chi connectivity index (χ3v) is 2.99. The highest BCUT2D eigenvalue weighted by molar-refractivity contribution is 6.11. The van der Waals surface area contributed by atoms with Crippen molar-refractivity contribution in [3.63, 3.8) is 0 Å². The Morgan fingerprint density at radius 2 is 2.15 bits per heavy atom. The fourth-order valence-electron chi connectivity index (χ4n) is 1.99. The smallest absolute Gasteiger partial charge is 0.257 e. The molecule has 100 valence electrons. The van der Waals surface area contributed by atoms with Crippen molar-refractivity contribution in [3.8, 4) is 0 Å². The molecule has 3 rings (SSSR count).